The molecule has 0 aliphatic carbocycles. The molecular formula is C9H15N3O2S. The largest absolute Gasteiger partial charge is 0.334 e. The van der Waals surface area contributed by atoms with Gasteiger partial charge in [0.05, 0.1) is 0 Å². The van der Waals surface area contributed by atoms with Gasteiger partial charge in [0.2, 0.25) is 10.0 Å². The van der Waals surface area contributed by atoms with Gasteiger partial charge in [-0.05, 0) is 6.92 Å². The minimum absolute atomic E-state index is 0.408. The van der Waals surface area contributed by atoms with Crippen molar-refractivity contribution in [3.63, 3.8) is 0 Å². The van der Waals surface area contributed by atoms with Crippen molar-refractivity contribution in [3.8, 4) is 0 Å². The van der Waals surface area contributed by atoms with Crippen molar-refractivity contribution in [1.82, 2.24) is 13.9 Å². The van der Waals surface area contributed by atoms with Crippen LogP contribution in [0, 0.1) is 6.92 Å². The van der Waals surface area contributed by atoms with Crippen LogP contribution in [0.1, 0.15) is 5.82 Å². The summed E-state index contributed by atoms with van der Waals surface area (Å²) in [5, 5.41) is 0.952. The fraction of sp³-hybridized carbons (Fsp3) is 0.444. The second kappa shape index (κ2) is 4.59. The molecule has 0 spiro atoms. The van der Waals surface area contributed by atoms with Crippen LogP contribution in [-0.2, 0) is 16.6 Å². The Labute approximate surface area is 90.1 Å². The zero-order valence-electron chi connectivity index (χ0n) is 8.92. The third-order valence-corrected chi connectivity index (χ3v) is 3.70. The average molecular weight is 229 g/mol. The summed E-state index contributed by atoms with van der Waals surface area (Å²) in [7, 11) is -1.77. The number of rotatable bonds is 5. The molecule has 0 amide bonds. The normalized spacial score (nSPS) is 11.9. The van der Waals surface area contributed by atoms with Gasteiger partial charge in [0.15, 0.2) is 0 Å². The molecule has 0 saturated carbocycles. The van der Waals surface area contributed by atoms with Crippen molar-refractivity contribution >= 4 is 10.0 Å². The van der Waals surface area contributed by atoms with Crippen molar-refractivity contribution in [1.29, 1.82) is 0 Å². The van der Waals surface area contributed by atoms with Crippen LogP contribution in [0.4, 0.5) is 0 Å². The van der Waals surface area contributed by atoms with Gasteiger partial charge in [-0.25, -0.2) is 13.4 Å². The number of aromatic nitrogens is 2. The summed E-state index contributed by atoms with van der Waals surface area (Å²) in [5.41, 5.74) is 0. The highest BCUT2D eigenvalue weighted by atomic mass is 32.2. The third kappa shape index (κ3) is 2.90. The molecule has 0 unspecified atom stereocenters. The molecule has 15 heavy (non-hydrogen) atoms. The van der Waals surface area contributed by atoms with Gasteiger partial charge in [0.25, 0.3) is 0 Å². The summed E-state index contributed by atoms with van der Waals surface area (Å²) >= 11 is 0. The van der Waals surface area contributed by atoms with E-state index < -0.39 is 10.0 Å². The van der Waals surface area contributed by atoms with Gasteiger partial charge in [-0.1, -0.05) is 6.58 Å². The lowest BCUT2D eigenvalue weighted by atomic mass is 10.5. The molecule has 0 aliphatic heterocycles. The number of aryl methyl sites for hydroxylation is 1. The van der Waals surface area contributed by atoms with Gasteiger partial charge in [-0.15, -0.1) is 0 Å². The van der Waals surface area contributed by atoms with E-state index in [0.29, 0.717) is 13.1 Å². The first-order chi connectivity index (χ1) is 6.97. The fourth-order valence-electron chi connectivity index (χ4n) is 1.14. The molecule has 6 heteroatoms. The highest BCUT2D eigenvalue weighted by molar-refractivity contribution is 7.91. The highest BCUT2D eigenvalue weighted by Gasteiger charge is 2.12. The van der Waals surface area contributed by atoms with E-state index in [1.807, 2.05) is 17.7 Å². The molecule has 0 saturated heterocycles. The lowest BCUT2D eigenvalue weighted by Crippen LogP contribution is -2.28. The highest BCUT2D eigenvalue weighted by Crippen LogP contribution is 2.01. The summed E-state index contributed by atoms with van der Waals surface area (Å²) in [6.45, 7) is 6.15. The molecule has 1 aromatic heterocycles. The molecule has 0 atom stereocenters. The van der Waals surface area contributed by atoms with Crippen molar-refractivity contribution in [3.05, 3.63) is 30.2 Å². The van der Waals surface area contributed by atoms with Crippen molar-refractivity contribution in [2.75, 3.05) is 13.6 Å². The maximum atomic E-state index is 11.3. The molecule has 1 heterocycles. The predicted molar refractivity (Wildman–Crippen MR) is 58.7 cm³/mol. The third-order valence-electron chi connectivity index (χ3n) is 2.22. The van der Waals surface area contributed by atoms with E-state index in [-0.39, 0.29) is 0 Å². The van der Waals surface area contributed by atoms with Gasteiger partial charge < -0.3 is 4.57 Å². The number of likely N-dealkylation sites (N-methyl/N-ethyl adjacent to an activating group) is 1. The molecule has 1 rings (SSSR count). The first-order valence-corrected chi connectivity index (χ1v) is 6.04. The first-order valence-electron chi connectivity index (χ1n) is 4.54. The number of hydrogen-bond acceptors (Lipinski definition) is 3. The number of imidazole rings is 1. The van der Waals surface area contributed by atoms with E-state index in [9.17, 15) is 8.42 Å². The summed E-state index contributed by atoms with van der Waals surface area (Å²) in [5.74, 6) is 0.874. The monoisotopic (exact) mass is 229 g/mol. The van der Waals surface area contributed by atoms with Crippen molar-refractivity contribution in [2.45, 2.75) is 13.5 Å². The van der Waals surface area contributed by atoms with E-state index in [1.165, 1.54) is 11.4 Å². The zero-order chi connectivity index (χ0) is 11.5. The molecule has 0 fully saturated rings. The van der Waals surface area contributed by atoms with Crippen LogP contribution in [0.2, 0.25) is 0 Å². The molecule has 0 aliphatic rings. The van der Waals surface area contributed by atoms with Gasteiger partial charge in [0.1, 0.15) is 5.82 Å². The van der Waals surface area contributed by atoms with Crippen LogP contribution < -0.4 is 0 Å². The Balaban J connectivity index is 2.59. The molecule has 0 radical (unpaired) electrons. The zero-order valence-corrected chi connectivity index (χ0v) is 9.74. The maximum absolute atomic E-state index is 11.3. The summed E-state index contributed by atoms with van der Waals surface area (Å²) < 4.78 is 25.8. The standard InChI is InChI=1S/C9H15N3O2S/c1-4-15(13,14)11(3)7-8-12-6-5-10-9(12)2/h4-6H,1,7-8H2,2-3H3. The van der Waals surface area contributed by atoms with Crippen molar-refractivity contribution in [2.24, 2.45) is 0 Å². The Kier molecular flexibility index (Phi) is 3.65. The van der Waals surface area contributed by atoms with Crippen LogP contribution in [0.15, 0.2) is 24.4 Å². The molecule has 0 aromatic carbocycles. The van der Waals surface area contributed by atoms with E-state index in [0.717, 1.165) is 11.2 Å². The minimum Gasteiger partial charge on any atom is -0.334 e. The van der Waals surface area contributed by atoms with Gasteiger partial charge in [-0.2, -0.15) is 4.31 Å². The Hall–Kier alpha value is -1.14. The molecule has 0 N–H and O–H groups in total. The molecular weight excluding hydrogens is 214 g/mol. The Morgan fingerprint density at radius 3 is 2.80 bits per heavy atom. The van der Waals surface area contributed by atoms with Crippen LogP contribution >= 0.6 is 0 Å². The van der Waals surface area contributed by atoms with Gasteiger partial charge in [-0.3, -0.25) is 0 Å². The van der Waals surface area contributed by atoms with Crippen molar-refractivity contribution < 1.29 is 8.42 Å². The minimum atomic E-state index is -3.30. The smallest absolute Gasteiger partial charge is 0.235 e. The topological polar surface area (TPSA) is 55.2 Å². The van der Waals surface area contributed by atoms with Gasteiger partial charge >= 0.3 is 0 Å². The first kappa shape index (κ1) is 11.9. The van der Waals surface area contributed by atoms with E-state index >= 15 is 0 Å². The summed E-state index contributed by atoms with van der Waals surface area (Å²) in [4.78, 5) is 4.05. The molecule has 5 nitrogen and oxygen atoms in total. The second-order valence-electron chi connectivity index (χ2n) is 3.20. The lowest BCUT2D eigenvalue weighted by molar-refractivity contribution is 0.449. The Morgan fingerprint density at radius 1 is 1.67 bits per heavy atom. The summed E-state index contributed by atoms with van der Waals surface area (Å²) in [6.07, 6.45) is 3.51. The number of hydrogen-bond donors (Lipinski definition) is 0. The van der Waals surface area contributed by atoms with E-state index in [1.54, 1.807) is 6.20 Å². The lowest BCUT2D eigenvalue weighted by Gasteiger charge is -2.14. The van der Waals surface area contributed by atoms with E-state index in [4.69, 9.17) is 0 Å². The van der Waals surface area contributed by atoms with Gasteiger partial charge in [0, 0.05) is 37.9 Å². The van der Waals surface area contributed by atoms with Crippen LogP contribution in [0.25, 0.3) is 0 Å². The van der Waals surface area contributed by atoms with Crippen LogP contribution in [-0.4, -0.2) is 35.9 Å². The maximum Gasteiger partial charge on any atom is 0.235 e. The quantitative estimate of drug-likeness (QED) is 0.743. The van der Waals surface area contributed by atoms with Crippen LogP contribution in [0.3, 0.4) is 0 Å². The number of sulfonamides is 1. The Bertz CT molecular complexity index is 436. The summed E-state index contributed by atoms with van der Waals surface area (Å²) in [6, 6.07) is 0. The van der Waals surface area contributed by atoms with Crippen LogP contribution in [0.5, 0.6) is 0 Å². The average Bonchev–Trinajstić information content (AvgIpc) is 2.60. The predicted octanol–water partition coefficient (Wildman–Crippen LogP) is 0.597. The number of nitrogens with zero attached hydrogens (tertiary/aromatic N) is 3. The SMILES string of the molecule is C=CS(=O)(=O)N(C)CCn1ccnc1C. The second-order valence-corrected chi connectivity index (χ2v) is 5.19. The van der Waals surface area contributed by atoms with E-state index in [2.05, 4.69) is 11.6 Å². The fourth-order valence-corrected chi connectivity index (χ4v) is 1.73. The molecule has 0 bridgehead atoms. The molecule has 1 aromatic rings. The Morgan fingerprint density at radius 2 is 2.33 bits per heavy atom. The molecule has 84 valence electrons.